The summed E-state index contributed by atoms with van der Waals surface area (Å²) < 4.78 is 1.52. The second-order valence-corrected chi connectivity index (χ2v) is 9.39. The minimum absolute atomic E-state index is 0.0655. The molecular formula is C24H28N4O2S. The summed E-state index contributed by atoms with van der Waals surface area (Å²) in [5.74, 6) is 1.56. The van der Waals surface area contributed by atoms with E-state index in [9.17, 15) is 9.59 Å². The van der Waals surface area contributed by atoms with E-state index < -0.39 is 0 Å². The van der Waals surface area contributed by atoms with E-state index in [2.05, 4.69) is 11.9 Å². The molecule has 1 aliphatic carbocycles. The lowest BCUT2D eigenvalue weighted by molar-refractivity contribution is -0.129. The number of amides is 1. The lowest BCUT2D eigenvalue weighted by atomic mass is 9.87. The predicted octanol–water partition coefficient (Wildman–Crippen LogP) is 4.22. The fourth-order valence-corrected chi connectivity index (χ4v) is 5.04. The molecule has 4 rings (SSSR count). The zero-order chi connectivity index (χ0) is 22.0. The third-order valence-electron chi connectivity index (χ3n) is 6.13. The normalized spacial score (nSPS) is 18.8. The highest BCUT2D eigenvalue weighted by Crippen LogP contribution is 2.27. The number of aromatic nitrogens is 3. The summed E-state index contributed by atoms with van der Waals surface area (Å²) in [4.78, 5) is 37.2. The van der Waals surface area contributed by atoms with Crippen molar-refractivity contribution in [2.45, 2.75) is 50.7 Å². The Bertz CT molecular complexity index is 1150. The Morgan fingerprint density at radius 3 is 2.68 bits per heavy atom. The molecule has 2 heterocycles. The highest BCUT2D eigenvalue weighted by Gasteiger charge is 2.25. The summed E-state index contributed by atoms with van der Waals surface area (Å²) in [6.45, 7) is 4.24. The highest BCUT2D eigenvalue weighted by atomic mass is 32.2. The number of aryl methyl sites for hydroxylation is 1. The number of hydrogen-bond acceptors (Lipinski definition) is 5. The topological polar surface area (TPSA) is 68.1 Å². The number of carbonyl (C=O) groups is 1. The monoisotopic (exact) mass is 436 g/mol. The van der Waals surface area contributed by atoms with E-state index >= 15 is 0 Å². The lowest BCUT2D eigenvalue weighted by Crippen LogP contribution is -2.40. The van der Waals surface area contributed by atoms with Crippen molar-refractivity contribution in [3.05, 3.63) is 58.5 Å². The van der Waals surface area contributed by atoms with Crippen molar-refractivity contribution in [3.8, 4) is 5.82 Å². The smallest absolute Gasteiger partial charge is 0.267 e. The number of fused-ring (bicyclic) bond motifs is 1. The van der Waals surface area contributed by atoms with Crippen LogP contribution in [0, 0.1) is 12.8 Å². The molecule has 0 radical (unpaired) electrons. The van der Waals surface area contributed by atoms with E-state index in [-0.39, 0.29) is 17.2 Å². The Labute approximate surface area is 186 Å². The maximum absolute atomic E-state index is 13.3. The number of carbonyl (C=O) groups excluding carboxylic acids is 1. The van der Waals surface area contributed by atoms with Crippen LogP contribution in [0.4, 0.5) is 0 Å². The van der Waals surface area contributed by atoms with Gasteiger partial charge in [0, 0.05) is 19.3 Å². The van der Waals surface area contributed by atoms with Gasteiger partial charge in [0.2, 0.25) is 5.91 Å². The Kier molecular flexibility index (Phi) is 6.41. The van der Waals surface area contributed by atoms with Crippen molar-refractivity contribution in [1.82, 2.24) is 19.4 Å². The summed E-state index contributed by atoms with van der Waals surface area (Å²) >= 11 is 1.30. The minimum atomic E-state index is -0.173. The van der Waals surface area contributed by atoms with Crippen LogP contribution >= 0.6 is 11.8 Å². The largest absolute Gasteiger partial charge is 0.342 e. The van der Waals surface area contributed by atoms with Crippen LogP contribution in [0.2, 0.25) is 0 Å². The first-order valence-corrected chi connectivity index (χ1v) is 11.8. The van der Waals surface area contributed by atoms with E-state index in [0.717, 1.165) is 24.3 Å². The molecule has 31 heavy (non-hydrogen) atoms. The van der Waals surface area contributed by atoms with Crippen LogP contribution in [0.3, 0.4) is 0 Å². The Balaban J connectivity index is 1.63. The van der Waals surface area contributed by atoms with Crippen molar-refractivity contribution < 1.29 is 4.79 Å². The average molecular weight is 437 g/mol. The SMILES string of the molecule is Cc1ccnc(-n2c(SCC(=O)N(C)C3CCC(C)CC3)nc3ccccc3c2=O)c1. The lowest BCUT2D eigenvalue weighted by Gasteiger charge is -2.33. The van der Waals surface area contributed by atoms with Crippen molar-refractivity contribution in [2.24, 2.45) is 5.92 Å². The number of nitrogens with zero attached hydrogens (tertiary/aromatic N) is 4. The van der Waals surface area contributed by atoms with Crippen LogP contribution in [0.15, 0.2) is 52.5 Å². The molecule has 0 unspecified atom stereocenters. The number of rotatable bonds is 5. The van der Waals surface area contributed by atoms with Gasteiger partial charge in [0.25, 0.3) is 5.56 Å². The fourth-order valence-electron chi connectivity index (χ4n) is 4.12. The maximum atomic E-state index is 13.3. The molecule has 0 aliphatic heterocycles. The molecule has 1 saturated carbocycles. The summed E-state index contributed by atoms with van der Waals surface area (Å²) in [5.41, 5.74) is 1.46. The fraction of sp³-hybridized carbons (Fsp3) is 0.417. The molecule has 0 bridgehead atoms. The quantitative estimate of drug-likeness (QED) is 0.443. The van der Waals surface area contributed by atoms with Crippen LogP contribution < -0.4 is 5.56 Å². The Morgan fingerprint density at radius 1 is 1.19 bits per heavy atom. The molecule has 0 saturated heterocycles. The molecule has 1 fully saturated rings. The summed E-state index contributed by atoms with van der Waals surface area (Å²) in [6.07, 6.45) is 6.13. The highest BCUT2D eigenvalue weighted by molar-refractivity contribution is 7.99. The molecule has 162 valence electrons. The molecule has 2 aromatic heterocycles. The van der Waals surface area contributed by atoms with E-state index in [1.54, 1.807) is 12.3 Å². The number of benzene rings is 1. The van der Waals surface area contributed by atoms with Crippen LogP contribution in [-0.4, -0.2) is 44.2 Å². The Hall–Kier alpha value is -2.67. The third-order valence-corrected chi connectivity index (χ3v) is 7.05. The van der Waals surface area contributed by atoms with Gasteiger partial charge in [-0.25, -0.2) is 14.5 Å². The van der Waals surface area contributed by atoms with Gasteiger partial charge in [-0.15, -0.1) is 0 Å². The van der Waals surface area contributed by atoms with Crippen molar-refractivity contribution in [3.63, 3.8) is 0 Å². The minimum Gasteiger partial charge on any atom is -0.342 e. The molecule has 1 aromatic carbocycles. The molecule has 1 amide bonds. The molecule has 7 heteroatoms. The number of para-hydroxylation sites is 1. The van der Waals surface area contributed by atoms with Gasteiger partial charge >= 0.3 is 0 Å². The van der Waals surface area contributed by atoms with Gasteiger partial charge in [-0.05, 0) is 68.4 Å². The van der Waals surface area contributed by atoms with Gasteiger partial charge in [0.05, 0.1) is 16.7 Å². The Morgan fingerprint density at radius 2 is 1.94 bits per heavy atom. The van der Waals surface area contributed by atoms with Gasteiger partial charge < -0.3 is 4.90 Å². The summed E-state index contributed by atoms with van der Waals surface area (Å²) in [7, 11) is 1.90. The van der Waals surface area contributed by atoms with E-state index in [1.807, 2.05) is 49.2 Å². The van der Waals surface area contributed by atoms with Gasteiger partial charge in [-0.2, -0.15) is 0 Å². The maximum Gasteiger partial charge on any atom is 0.267 e. The van der Waals surface area contributed by atoms with Crippen molar-refractivity contribution >= 4 is 28.6 Å². The van der Waals surface area contributed by atoms with Gasteiger partial charge in [0.15, 0.2) is 5.16 Å². The van der Waals surface area contributed by atoms with Crippen LogP contribution in [-0.2, 0) is 4.79 Å². The number of hydrogen-bond donors (Lipinski definition) is 0. The standard InChI is InChI=1S/C24H28N4O2S/c1-16-8-10-18(11-9-16)27(3)22(29)15-31-24-26-20-7-5-4-6-19(20)23(30)28(24)21-14-17(2)12-13-25-21/h4-7,12-14,16,18H,8-11,15H2,1-3H3. The molecule has 0 atom stereocenters. The predicted molar refractivity (Wildman–Crippen MR) is 125 cm³/mol. The summed E-state index contributed by atoms with van der Waals surface area (Å²) in [5, 5.41) is 1.02. The van der Waals surface area contributed by atoms with E-state index in [0.29, 0.717) is 27.9 Å². The van der Waals surface area contributed by atoms with Crippen molar-refractivity contribution in [2.75, 3.05) is 12.8 Å². The molecule has 1 aliphatic rings. The molecule has 0 spiro atoms. The van der Waals surface area contributed by atoms with Gasteiger partial charge in [-0.1, -0.05) is 30.8 Å². The first-order chi connectivity index (χ1) is 14.9. The molecule has 6 nitrogen and oxygen atoms in total. The van der Waals surface area contributed by atoms with Gasteiger partial charge in [-0.3, -0.25) is 9.59 Å². The van der Waals surface area contributed by atoms with Gasteiger partial charge in [0.1, 0.15) is 5.82 Å². The zero-order valence-corrected chi connectivity index (χ0v) is 19.1. The first-order valence-electron chi connectivity index (χ1n) is 10.8. The number of pyridine rings is 1. The van der Waals surface area contributed by atoms with Crippen LogP contribution in [0.5, 0.6) is 0 Å². The zero-order valence-electron chi connectivity index (χ0n) is 18.2. The van der Waals surface area contributed by atoms with Crippen molar-refractivity contribution in [1.29, 1.82) is 0 Å². The molecular weight excluding hydrogens is 408 g/mol. The van der Waals surface area contributed by atoms with E-state index in [4.69, 9.17) is 4.98 Å². The van der Waals surface area contributed by atoms with Crippen LogP contribution in [0.25, 0.3) is 16.7 Å². The average Bonchev–Trinajstić information content (AvgIpc) is 2.77. The summed E-state index contributed by atoms with van der Waals surface area (Å²) in [6, 6.07) is 11.3. The first kappa shape index (κ1) is 21.6. The molecule has 3 aromatic rings. The van der Waals surface area contributed by atoms with E-state index in [1.165, 1.54) is 29.2 Å². The molecule has 0 N–H and O–H groups in total. The third kappa shape index (κ3) is 4.66. The van der Waals surface area contributed by atoms with Crippen LogP contribution in [0.1, 0.15) is 38.2 Å². The number of thioether (sulfide) groups is 1. The second-order valence-electron chi connectivity index (χ2n) is 8.45. The second kappa shape index (κ2) is 9.22.